The highest BCUT2D eigenvalue weighted by Gasteiger charge is 2.32. The minimum Gasteiger partial charge on any atom is -0.477 e. The predicted molar refractivity (Wildman–Crippen MR) is 126 cm³/mol. The largest absolute Gasteiger partial charge is 0.477 e. The zero-order valence-electron chi connectivity index (χ0n) is 19.4. The van der Waals surface area contributed by atoms with Crippen molar-refractivity contribution in [2.75, 3.05) is 17.2 Å². The van der Waals surface area contributed by atoms with E-state index in [0.717, 1.165) is 6.07 Å². The van der Waals surface area contributed by atoms with Gasteiger partial charge >= 0.3 is 6.18 Å². The Balaban J connectivity index is 2.08. The molecule has 0 saturated carbocycles. The number of hydrogen-bond acceptors (Lipinski definition) is 7. The molecule has 0 aliphatic rings. The summed E-state index contributed by atoms with van der Waals surface area (Å²) in [4.78, 5) is 12.7. The molecule has 0 radical (unpaired) electrons. The molecule has 0 amide bonds. The van der Waals surface area contributed by atoms with Crippen LogP contribution in [0.25, 0.3) is 11.3 Å². The van der Waals surface area contributed by atoms with E-state index in [0.29, 0.717) is 40.8 Å². The molecule has 10 heteroatoms. The molecule has 0 aromatic carbocycles. The van der Waals surface area contributed by atoms with Crippen molar-refractivity contribution in [1.29, 1.82) is 5.41 Å². The first-order valence-electron chi connectivity index (χ1n) is 10.8. The van der Waals surface area contributed by atoms with Crippen molar-refractivity contribution in [1.82, 2.24) is 15.0 Å². The summed E-state index contributed by atoms with van der Waals surface area (Å²) in [5.41, 5.74) is 2.24. The summed E-state index contributed by atoms with van der Waals surface area (Å²) in [6, 6.07) is 9.16. The lowest BCUT2D eigenvalue weighted by atomic mass is 10.1. The summed E-state index contributed by atoms with van der Waals surface area (Å²) in [7, 11) is 0. The van der Waals surface area contributed by atoms with Gasteiger partial charge in [0.05, 0.1) is 47.2 Å². The second-order valence-electron chi connectivity index (χ2n) is 7.86. The summed E-state index contributed by atoms with van der Waals surface area (Å²) >= 11 is 0. The van der Waals surface area contributed by atoms with E-state index in [4.69, 9.17) is 10.1 Å². The molecule has 3 aromatic heterocycles. The molecule has 0 bridgehead atoms. The highest BCUT2D eigenvalue weighted by Crippen LogP contribution is 2.35. The molecule has 7 nitrogen and oxygen atoms in total. The Morgan fingerprint density at radius 1 is 1.15 bits per heavy atom. The first-order chi connectivity index (χ1) is 16.1. The molecule has 0 fully saturated rings. The number of aromatic nitrogens is 3. The average molecular weight is 473 g/mol. The molecule has 0 aliphatic heterocycles. The van der Waals surface area contributed by atoms with E-state index in [-0.39, 0.29) is 24.0 Å². The lowest BCUT2D eigenvalue weighted by Crippen LogP contribution is -2.17. The first kappa shape index (κ1) is 24.9. The number of ether oxygens (including phenoxy) is 1. The van der Waals surface area contributed by atoms with Crippen LogP contribution in [0.4, 0.5) is 24.5 Å². The van der Waals surface area contributed by atoms with Crippen LogP contribution in [-0.4, -0.2) is 33.3 Å². The molecule has 3 rings (SSSR count). The number of hydrogen-bond donors (Lipinski definition) is 3. The van der Waals surface area contributed by atoms with Gasteiger partial charge in [0.1, 0.15) is 11.4 Å². The molecular weight excluding hydrogens is 445 g/mol. The van der Waals surface area contributed by atoms with Crippen LogP contribution in [-0.2, 0) is 12.7 Å². The molecule has 0 atom stereocenters. The number of pyridine rings is 3. The third kappa shape index (κ3) is 6.00. The molecule has 34 heavy (non-hydrogen) atoms. The smallest absolute Gasteiger partial charge is 0.433 e. The molecule has 3 aromatic rings. The van der Waals surface area contributed by atoms with Gasteiger partial charge in [0.25, 0.3) is 0 Å². The molecule has 3 N–H and O–H groups in total. The van der Waals surface area contributed by atoms with Gasteiger partial charge < -0.3 is 20.8 Å². The lowest BCUT2D eigenvalue weighted by Gasteiger charge is -2.21. The van der Waals surface area contributed by atoms with E-state index in [2.05, 4.69) is 25.6 Å². The summed E-state index contributed by atoms with van der Waals surface area (Å²) in [6.07, 6.45) is -2.91. The van der Waals surface area contributed by atoms with E-state index in [1.165, 1.54) is 12.1 Å². The molecule has 0 unspecified atom stereocenters. The van der Waals surface area contributed by atoms with Gasteiger partial charge in [-0.15, -0.1) is 0 Å². The maximum atomic E-state index is 13.1. The zero-order valence-corrected chi connectivity index (χ0v) is 19.4. The van der Waals surface area contributed by atoms with Crippen LogP contribution in [0.15, 0.2) is 42.6 Å². The highest BCUT2D eigenvalue weighted by molar-refractivity contribution is 6.03. The Bertz CT molecular complexity index is 1160. The predicted octanol–water partition coefficient (Wildman–Crippen LogP) is 5.78. The van der Waals surface area contributed by atoms with Crippen molar-refractivity contribution >= 4 is 17.1 Å². The number of rotatable bonds is 9. The number of halogens is 3. The monoisotopic (exact) mass is 472 g/mol. The maximum Gasteiger partial charge on any atom is 0.433 e. The molecule has 3 heterocycles. The topological polar surface area (TPSA) is 95.8 Å². The van der Waals surface area contributed by atoms with Crippen LogP contribution in [0.3, 0.4) is 0 Å². The van der Waals surface area contributed by atoms with Gasteiger partial charge in [0.15, 0.2) is 0 Å². The first-order valence-corrected chi connectivity index (χ1v) is 10.8. The van der Waals surface area contributed by atoms with Gasteiger partial charge in [-0.2, -0.15) is 13.2 Å². The molecule has 180 valence electrons. The summed E-state index contributed by atoms with van der Waals surface area (Å²) in [5.74, 6) is 0.404. The number of anilines is 2. The quantitative estimate of drug-likeness (QED) is 0.342. The standard InChI is InChI=1S/C24H27F3N6O/c1-5-34-23-17(9-7-11-29-23)18-12-19(22(31-14(2)3)21(33-18)15(4)28)30-13-16-8-6-10-20(32-16)24(25,26)27/h6-12,14,28,31H,5,13H2,1-4H3,(H,30,33). The van der Waals surface area contributed by atoms with Crippen molar-refractivity contribution in [3.05, 3.63) is 59.7 Å². The maximum absolute atomic E-state index is 13.1. The van der Waals surface area contributed by atoms with Gasteiger partial charge in [-0.1, -0.05) is 6.07 Å². The number of nitrogens with zero attached hydrogens (tertiary/aromatic N) is 3. The Morgan fingerprint density at radius 2 is 1.91 bits per heavy atom. The molecule has 0 spiro atoms. The minimum atomic E-state index is -4.52. The van der Waals surface area contributed by atoms with Gasteiger partial charge in [0, 0.05) is 12.2 Å². The fourth-order valence-corrected chi connectivity index (χ4v) is 3.29. The van der Waals surface area contributed by atoms with E-state index in [9.17, 15) is 13.2 Å². The van der Waals surface area contributed by atoms with Crippen LogP contribution in [0.1, 0.15) is 44.8 Å². The normalized spacial score (nSPS) is 11.4. The van der Waals surface area contributed by atoms with Crippen LogP contribution in [0.5, 0.6) is 5.88 Å². The minimum absolute atomic E-state index is 0.0235. The van der Waals surface area contributed by atoms with E-state index >= 15 is 0 Å². The third-order valence-corrected chi connectivity index (χ3v) is 4.69. The number of nitrogens with one attached hydrogen (secondary N) is 3. The fourth-order valence-electron chi connectivity index (χ4n) is 3.29. The average Bonchev–Trinajstić information content (AvgIpc) is 2.78. The SMILES string of the molecule is CCOc1ncccc1-c1cc(NCc2cccc(C(F)(F)F)n2)c(NC(C)C)c(C(C)=N)n1. The van der Waals surface area contributed by atoms with E-state index in [1.807, 2.05) is 26.8 Å². The molecule has 0 saturated heterocycles. The van der Waals surface area contributed by atoms with E-state index < -0.39 is 11.9 Å². The zero-order chi connectivity index (χ0) is 24.9. The van der Waals surface area contributed by atoms with Crippen molar-refractivity contribution in [2.24, 2.45) is 0 Å². The van der Waals surface area contributed by atoms with Gasteiger partial charge in [-0.05, 0) is 58.0 Å². The summed E-state index contributed by atoms with van der Waals surface area (Å²) in [6.45, 7) is 7.83. The Morgan fingerprint density at radius 3 is 2.56 bits per heavy atom. The number of alkyl halides is 3. The van der Waals surface area contributed by atoms with Crippen molar-refractivity contribution in [2.45, 2.75) is 46.5 Å². The third-order valence-electron chi connectivity index (χ3n) is 4.69. The second kappa shape index (κ2) is 10.5. The van der Waals surface area contributed by atoms with Gasteiger partial charge in [0.2, 0.25) is 5.88 Å². The van der Waals surface area contributed by atoms with Gasteiger partial charge in [-0.3, -0.25) is 0 Å². The van der Waals surface area contributed by atoms with Crippen LogP contribution >= 0.6 is 0 Å². The summed E-state index contributed by atoms with van der Waals surface area (Å²) < 4.78 is 44.9. The van der Waals surface area contributed by atoms with Crippen LogP contribution in [0.2, 0.25) is 0 Å². The van der Waals surface area contributed by atoms with Crippen molar-refractivity contribution in [3.63, 3.8) is 0 Å². The Kier molecular flexibility index (Phi) is 7.70. The second-order valence-corrected chi connectivity index (χ2v) is 7.86. The van der Waals surface area contributed by atoms with Crippen LogP contribution < -0.4 is 15.4 Å². The fraction of sp³-hybridized carbons (Fsp3) is 0.333. The Hall–Kier alpha value is -3.69. The van der Waals surface area contributed by atoms with Crippen molar-refractivity contribution in [3.8, 4) is 17.1 Å². The molecule has 0 aliphatic carbocycles. The van der Waals surface area contributed by atoms with Crippen LogP contribution in [0, 0.1) is 5.41 Å². The van der Waals surface area contributed by atoms with Gasteiger partial charge in [-0.25, -0.2) is 15.0 Å². The Labute approximate surface area is 196 Å². The summed E-state index contributed by atoms with van der Waals surface area (Å²) in [5, 5.41) is 14.8. The van der Waals surface area contributed by atoms with E-state index in [1.54, 1.807) is 25.3 Å². The van der Waals surface area contributed by atoms with Crippen molar-refractivity contribution < 1.29 is 17.9 Å². The highest BCUT2D eigenvalue weighted by atomic mass is 19.4. The molecular formula is C24H27F3N6O. The lowest BCUT2D eigenvalue weighted by molar-refractivity contribution is -0.141.